The molecule has 2 aromatic rings. The van der Waals surface area contributed by atoms with Gasteiger partial charge < -0.3 is 10.6 Å². The van der Waals surface area contributed by atoms with E-state index in [2.05, 4.69) is 20.8 Å². The fourth-order valence-corrected chi connectivity index (χ4v) is 3.45. The summed E-state index contributed by atoms with van der Waals surface area (Å²) in [4.78, 5) is 33.8. The molecule has 0 spiro atoms. The third-order valence-corrected chi connectivity index (χ3v) is 5.22. The van der Waals surface area contributed by atoms with Crippen LogP contribution >= 0.6 is 23.1 Å². The van der Waals surface area contributed by atoms with Crippen LogP contribution in [0.3, 0.4) is 0 Å². The summed E-state index contributed by atoms with van der Waals surface area (Å²) in [6, 6.07) is 5.72. The topological polar surface area (TPSA) is 127 Å². The SMILES string of the molecule is O=C(CSc1nnc(NC(=O)C2CC2)s1)Nc1cccc([N+](=O)[O-])c1. The summed E-state index contributed by atoms with van der Waals surface area (Å²) < 4.78 is 0.556. The smallest absolute Gasteiger partial charge is 0.271 e. The van der Waals surface area contributed by atoms with Gasteiger partial charge in [-0.15, -0.1) is 10.2 Å². The van der Waals surface area contributed by atoms with Gasteiger partial charge in [0, 0.05) is 23.7 Å². The lowest BCUT2D eigenvalue weighted by Gasteiger charge is -2.03. The van der Waals surface area contributed by atoms with Crippen LogP contribution in [0.2, 0.25) is 0 Å². The summed E-state index contributed by atoms with van der Waals surface area (Å²) >= 11 is 2.38. The highest BCUT2D eigenvalue weighted by molar-refractivity contribution is 8.01. The summed E-state index contributed by atoms with van der Waals surface area (Å²) in [6.07, 6.45) is 1.81. The molecule has 11 heteroatoms. The predicted octanol–water partition coefficient (Wildman–Crippen LogP) is 2.53. The molecule has 1 aliphatic carbocycles. The maximum Gasteiger partial charge on any atom is 0.271 e. The third-order valence-electron chi connectivity index (χ3n) is 3.25. The van der Waals surface area contributed by atoms with Gasteiger partial charge in [0.15, 0.2) is 4.34 Å². The number of anilines is 2. The van der Waals surface area contributed by atoms with Gasteiger partial charge in [0.1, 0.15) is 0 Å². The van der Waals surface area contributed by atoms with Crippen molar-refractivity contribution in [2.75, 3.05) is 16.4 Å². The first-order valence-corrected chi connectivity index (χ1v) is 9.13. The Hall–Kier alpha value is -2.53. The minimum absolute atomic E-state index is 0.0453. The number of nitro groups is 1. The summed E-state index contributed by atoms with van der Waals surface area (Å²) in [5, 5.41) is 24.2. The van der Waals surface area contributed by atoms with E-state index in [0.717, 1.165) is 12.8 Å². The Balaban J connectivity index is 1.49. The Bertz CT molecular complexity index is 821. The Kier molecular flexibility index (Phi) is 5.24. The predicted molar refractivity (Wildman–Crippen MR) is 93.7 cm³/mol. The number of rotatable bonds is 7. The first-order chi connectivity index (χ1) is 12.0. The van der Waals surface area contributed by atoms with Crippen molar-refractivity contribution in [2.24, 2.45) is 5.92 Å². The number of thioether (sulfide) groups is 1. The van der Waals surface area contributed by atoms with Crippen molar-refractivity contribution in [3.8, 4) is 0 Å². The van der Waals surface area contributed by atoms with Crippen LogP contribution in [0.25, 0.3) is 0 Å². The maximum atomic E-state index is 11.9. The molecular formula is C14H13N5O4S2. The molecule has 9 nitrogen and oxygen atoms in total. The van der Waals surface area contributed by atoms with Crippen molar-refractivity contribution < 1.29 is 14.5 Å². The van der Waals surface area contributed by atoms with Crippen molar-refractivity contribution in [2.45, 2.75) is 17.2 Å². The van der Waals surface area contributed by atoms with Crippen LogP contribution in [0.4, 0.5) is 16.5 Å². The molecule has 25 heavy (non-hydrogen) atoms. The highest BCUT2D eigenvalue weighted by atomic mass is 32.2. The molecule has 1 aliphatic rings. The number of non-ortho nitro benzene ring substituents is 1. The minimum Gasteiger partial charge on any atom is -0.325 e. The van der Waals surface area contributed by atoms with Crippen LogP contribution in [-0.2, 0) is 9.59 Å². The average Bonchev–Trinajstić information content (AvgIpc) is 3.34. The van der Waals surface area contributed by atoms with Crippen molar-refractivity contribution in [3.05, 3.63) is 34.4 Å². The van der Waals surface area contributed by atoms with Crippen LogP contribution in [0.15, 0.2) is 28.6 Å². The van der Waals surface area contributed by atoms with Gasteiger partial charge in [-0.1, -0.05) is 29.2 Å². The van der Waals surface area contributed by atoms with Crippen LogP contribution in [-0.4, -0.2) is 32.7 Å². The molecule has 0 atom stereocenters. The fraction of sp³-hybridized carbons (Fsp3) is 0.286. The quantitative estimate of drug-likeness (QED) is 0.327. The molecule has 3 rings (SSSR count). The Morgan fingerprint density at radius 2 is 2.12 bits per heavy atom. The fourth-order valence-electron chi connectivity index (χ4n) is 1.89. The third kappa shape index (κ3) is 4.97. The normalized spacial score (nSPS) is 13.3. The van der Waals surface area contributed by atoms with Gasteiger partial charge >= 0.3 is 0 Å². The molecule has 1 saturated carbocycles. The van der Waals surface area contributed by atoms with E-state index in [9.17, 15) is 19.7 Å². The van der Waals surface area contributed by atoms with Crippen molar-refractivity contribution in [1.29, 1.82) is 0 Å². The molecule has 1 aromatic carbocycles. The van der Waals surface area contributed by atoms with Gasteiger partial charge in [-0.25, -0.2) is 0 Å². The Labute approximate surface area is 150 Å². The van der Waals surface area contributed by atoms with Crippen molar-refractivity contribution >= 4 is 51.4 Å². The molecule has 0 bridgehead atoms. The van der Waals surface area contributed by atoms with E-state index in [0.29, 0.717) is 15.2 Å². The van der Waals surface area contributed by atoms with E-state index in [1.807, 2.05) is 0 Å². The van der Waals surface area contributed by atoms with E-state index in [1.165, 1.54) is 41.3 Å². The van der Waals surface area contributed by atoms with Crippen LogP contribution in [0.1, 0.15) is 12.8 Å². The number of hydrogen-bond acceptors (Lipinski definition) is 8. The molecule has 130 valence electrons. The number of aromatic nitrogens is 2. The Morgan fingerprint density at radius 1 is 1.32 bits per heavy atom. The van der Waals surface area contributed by atoms with Gasteiger partial charge in [-0.05, 0) is 18.9 Å². The van der Waals surface area contributed by atoms with Gasteiger partial charge in [0.25, 0.3) is 5.69 Å². The summed E-state index contributed by atoms with van der Waals surface area (Å²) in [6.45, 7) is 0. The lowest BCUT2D eigenvalue weighted by atomic mass is 10.3. The monoisotopic (exact) mass is 379 g/mol. The molecule has 1 fully saturated rings. The number of nitro benzene ring substituents is 1. The molecule has 2 amide bonds. The number of benzene rings is 1. The van der Waals surface area contributed by atoms with Gasteiger partial charge in [0.2, 0.25) is 16.9 Å². The largest absolute Gasteiger partial charge is 0.325 e. The van der Waals surface area contributed by atoms with Gasteiger partial charge in [-0.3, -0.25) is 19.7 Å². The van der Waals surface area contributed by atoms with Crippen molar-refractivity contribution in [1.82, 2.24) is 10.2 Å². The number of hydrogen-bond donors (Lipinski definition) is 2. The summed E-state index contributed by atoms with van der Waals surface area (Å²) in [5.74, 6) is -0.199. The maximum absolute atomic E-state index is 11.9. The zero-order chi connectivity index (χ0) is 17.8. The molecule has 1 aromatic heterocycles. The summed E-state index contributed by atoms with van der Waals surface area (Å²) in [5.41, 5.74) is 0.264. The van der Waals surface area contributed by atoms with Crippen LogP contribution in [0, 0.1) is 16.0 Å². The van der Waals surface area contributed by atoms with Crippen molar-refractivity contribution in [3.63, 3.8) is 0 Å². The second-order valence-electron chi connectivity index (χ2n) is 5.28. The number of nitrogens with zero attached hydrogens (tertiary/aromatic N) is 3. The number of nitrogens with one attached hydrogen (secondary N) is 2. The number of carbonyl (C=O) groups is 2. The second kappa shape index (κ2) is 7.57. The molecular weight excluding hydrogens is 366 g/mol. The number of carbonyl (C=O) groups excluding carboxylic acids is 2. The molecule has 0 saturated heterocycles. The lowest BCUT2D eigenvalue weighted by molar-refractivity contribution is -0.384. The van der Waals surface area contributed by atoms with Crippen LogP contribution in [0.5, 0.6) is 0 Å². The minimum atomic E-state index is -0.525. The zero-order valence-corrected chi connectivity index (χ0v) is 14.4. The standard InChI is InChI=1S/C14H13N5O4S2/c20-11(15-9-2-1-3-10(6-9)19(22)23)7-24-14-18-17-13(25-14)16-12(21)8-4-5-8/h1-3,6,8H,4-5,7H2,(H,15,20)(H,16,17,21). The average molecular weight is 379 g/mol. The molecule has 1 heterocycles. The number of amides is 2. The highest BCUT2D eigenvalue weighted by Gasteiger charge is 2.30. The second-order valence-corrected chi connectivity index (χ2v) is 7.48. The van der Waals surface area contributed by atoms with E-state index in [1.54, 1.807) is 6.07 Å². The van der Waals surface area contributed by atoms with Gasteiger partial charge in [-0.2, -0.15) is 0 Å². The van der Waals surface area contributed by atoms with E-state index < -0.39 is 4.92 Å². The van der Waals surface area contributed by atoms with E-state index >= 15 is 0 Å². The van der Waals surface area contributed by atoms with Crippen LogP contribution < -0.4 is 10.6 Å². The lowest BCUT2D eigenvalue weighted by Crippen LogP contribution is -2.14. The highest BCUT2D eigenvalue weighted by Crippen LogP contribution is 2.31. The van der Waals surface area contributed by atoms with E-state index in [-0.39, 0.29) is 29.2 Å². The molecule has 2 N–H and O–H groups in total. The van der Waals surface area contributed by atoms with Gasteiger partial charge in [0.05, 0.1) is 10.7 Å². The van der Waals surface area contributed by atoms with E-state index in [4.69, 9.17) is 0 Å². The first kappa shape index (κ1) is 17.3. The molecule has 0 aliphatic heterocycles. The Morgan fingerprint density at radius 3 is 2.84 bits per heavy atom. The molecule has 0 radical (unpaired) electrons. The molecule has 0 unspecified atom stereocenters. The first-order valence-electron chi connectivity index (χ1n) is 7.33. The zero-order valence-electron chi connectivity index (χ0n) is 12.8. The summed E-state index contributed by atoms with van der Waals surface area (Å²) in [7, 11) is 0.